The van der Waals surface area contributed by atoms with Gasteiger partial charge in [-0.2, -0.15) is 0 Å². The van der Waals surface area contributed by atoms with Crippen LogP contribution in [0, 0.1) is 0 Å². The Morgan fingerprint density at radius 2 is 2.25 bits per heavy atom. The molecule has 0 fully saturated rings. The monoisotopic (exact) mass is 276 g/mol. The minimum absolute atomic E-state index is 0.207. The van der Waals surface area contributed by atoms with E-state index < -0.39 is 0 Å². The highest BCUT2D eigenvalue weighted by atomic mass is 16.1. The number of pyridine rings is 1. The van der Waals surface area contributed by atoms with E-state index in [4.69, 9.17) is 16.5 Å². The van der Waals surface area contributed by atoms with Gasteiger partial charge in [-0.3, -0.25) is 4.79 Å². The van der Waals surface area contributed by atoms with Crippen molar-refractivity contribution in [3.05, 3.63) is 22.9 Å². The SMILES string of the molecule is CCCCN(CC(N)=O)c1nc2c(cc1CN)CCC2. The number of fused-ring (bicyclic) bond motifs is 1. The van der Waals surface area contributed by atoms with Crippen LogP contribution in [0.15, 0.2) is 6.07 Å². The molecular formula is C15H24N4O. The molecule has 0 bridgehead atoms. The van der Waals surface area contributed by atoms with Crippen LogP contribution in [0.3, 0.4) is 0 Å². The third kappa shape index (κ3) is 3.28. The number of nitrogens with two attached hydrogens (primary N) is 2. The standard InChI is InChI=1S/C15H24N4O/c1-2-3-7-19(10-14(17)20)15-12(9-16)8-11-5-4-6-13(11)18-15/h8H,2-7,9-10,16H2,1H3,(H2,17,20). The van der Waals surface area contributed by atoms with E-state index in [1.165, 1.54) is 5.56 Å². The van der Waals surface area contributed by atoms with Crippen LogP contribution in [0.25, 0.3) is 0 Å². The number of carbonyl (C=O) groups excluding carboxylic acids is 1. The molecule has 1 amide bonds. The number of aryl methyl sites for hydroxylation is 2. The molecule has 0 radical (unpaired) electrons. The average Bonchev–Trinajstić information content (AvgIpc) is 2.88. The smallest absolute Gasteiger partial charge is 0.236 e. The highest BCUT2D eigenvalue weighted by Crippen LogP contribution is 2.27. The predicted molar refractivity (Wildman–Crippen MR) is 80.5 cm³/mol. The van der Waals surface area contributed by atoms with Crippen LogP contribution in [0.4, 0.5) is 5.82 Å². The zero-order valence-corrected chi connectivity index (χ0v) is 12.2. The van der Waals surface area contributed by atoms with Crippen molar-refractivity contribution in [2.24, 2.45) is 11.5 Å². The first-order valence-corrected chi connectivity index (χ1v) is 7.40. The lowest BCUT2D eigenvalue weighted by Gasteiger charge is -2.25. The third-order valence-corrected chi connectivity index (χ3v) is 3.75. The summed E-state index contributed by atoms with van der Waals surface area (Å²) >= 11 is 0. The van der Waals surface area contributed by atoms with Crippen molar-refractivity contribution in [1.82, 2.24) is 4.98 Å². The van der Waals surface area contributed by atoms with Crippen LogP contribution in [-0.4, -0.2) is 24.0 Å². The summed E-state index contributed by atoms with van der Waals surface area (Å²) in [5, 5.41) is 0. The molecule has 1 aromatic heterocycles. The molecule has 0 spiro atoms. The van der Waals surface area contributed by atoms with Gasteiger partial charge in [0.2, 0.25) is 5.91 Å². The summed E-state index contributed by atoms with van der Waals surface area (Å²) in [4.78, 5) is 18.0. The van der Waals surface area contributed by atoms with Crippen molar-refractivity contribution in [2.75, 3.05) is 18.0 Å². The second-order valence-electron chi connectivity index (χ2n) is 5.38. The van der Waals surface area contributed by atoms with Crippen molar-refractivity contribution >= 4 is 11.7 Å². The van der Waals surface area contributed by atoms with E-state index in [0.717, 1.165) is 55.7 Å². The molecule has 0 unspecified atom stereocenters. The highest BCUT2D eigenvalue weighted by molar-refractivity contribution is 5.79. The second-order valence-corrected chi connectivity index (χ2v) is 5.38. The molecule has 110 valence electrons. The number of rotatable bonds is 7. The van der Waals surface area contributed by atoms with Gasteiger partial charge in [0.1, 0.15) is 5.82 Å². The first-order chi connectivity index (χ1) is 9.65. The zero-order valence-electron chi connectivity index (χ0n) is 12.2. The largest absolute Gasteiger partial charge is 0.368 e. The number of aromatic nitrogens is 1. The number of amides is 1. The van der Waals surface area contributed by atoms with Crippen LogP contribution >= 0.6 is 0 Å². The lowest BCUT2D eigenvalue weighted by Crippen LogP contribution is -2.36. The summed E-state index contributed by atoms with van der Waals surface area (Å²) in [7, 11) is 0. The average molecular weight is 276 g/mol. The Balaban J connectivity index is 2.32. The van der Waals surface area contributed by atoms with Gasteiger partial charge in [0.15, 0.2) is 0 Å². The fraction of sp³-hybridized carbons (Fsp3) is 0.600. The molecule has 0 aliphatic heterocycles. The van der Waals surface area contributed by atoms with Gasteiger partial charge >= 0.3 is 0 Å². The number of carbonyl (C=O) groups is 1. The number of primary amides is 1. The Hall–Kier alpha value is -1.62. The van der Waals surface area contributed by atoms with Gasteiger partial charge in [0, 0.05) is 24.3 Å². The lowest BCUT2D eigenvalue weighted by atomic mass is 10.1. The maximum Gasteiger partial charge on any atom is 0.236 e. The number of unbranched alkanes of at least 4 members (excludes halogenated alkanes) is 1. The predicted octanol–water partition coefficient (Wildman–Crippen LogP) is 1.12. The summed E-state index contributed by atoms with van der Waals surface area (Å²) in [5.41, 5.74) is 14.7. The van der Waals surface area contributed by atoms with E-state index in [1.54, 1.807) is 0 Å². The van der Waals surface area contributed by atoms with Gasteiger partial charge in [-0.1, -0.05) is 13.3 Å². The summed E-state index contributed by atoms with van der Waals surface area (Å²) < 4.78 is 0. The van der Waals surface area contributed by atoms with Crippen molar-refractivity contribution in [3.63, 3.8) is 0 Å². The van der Waals surface area contributed by atoms with Crippen molar-refractivity contribution in [3.8, 4) is 0 Å². The molecule has 0 aromatic carbocycles. The first-order valence-electron chi connectivity index (χ1n) is 7.40. The summed E-state index contributed by atoms with van der Waals surface area (Å²) in [6.07, 6.45) is 5.33. The molecule has 0 atom stereocenters. The molecular weight excluding hydrogens is 252 g/mol. The minimum Gasteiger partial charge on any atom is -0.368 e. The van der Waals surface area contributed by atoms with Crippen molar-refractivity contribution in [2.45, 2.75) is 45.6 Å². The normalized spacial score (nSPS) is 13.3. The van der Waals surface area contributed by atoms with Crippen LogP contribution in [0.1, 0.15) is 43.0 Å². The molecule has 2 rings (SSSR count). The Kier molecular flexibility index (Phi) is 4.95. The van der Waals surface area contributed by atoms with Gasteiger partial charge in [0.05, 0.1) is 6.54 Å². The van der Waals surface area contributed by atoms with E-state index in [9.17, 15) is 4.79 Å². The fourth-order valence-corrected chi connectivity index (χ4v) is 2.73. The fourth-order valence-electron chi connectivity index (χ4n) is 2.73. The van der Waals surface area contributed by atoms with E-state index in [1.807, 2.05) is 4.90 Å². The molecule has 5 heteroatoms. The van der Waals surface area contributed by atoms with Crippen LogP contribution in [0.2, 0.25) is 0 Å². The Labute approximate surface area is 120 Å². The van der Waals surface area contributed by atoms with E-state index >= 15 is 0 Å². The molecule has 1 aliphatic carbocycles. The minimum atomic E-state index is -0.327. The second kappa shape index (κ2) is 6.70. The molecule has 5 nitrogen and oxygen atoms in total. The quantitative estimate of drug-likeness (QED) is 0.781. The first kappa shape index (κ1) is 14.8. The van der Waals surface area contributed by atoms with Crippen molar-refractivity contribution in [1.29, 1.82) is 0 Å². The van der Waals surface area contributed by atoms with E-state index in [-0.39, 0.29) is 12.5 Å². The maximum absolute atomic E-state index is 11.3. The molecule has 0 saturated carbocycles. The van der Waals surface area contributed by atoms with Gasteiger partial charge in [0.25, 0.3) is 0 Å². The van der Waals surface area contributed by atoms with Crippen molar-refractivity contribution < 1.29 is 4.79 Å². The van der Waals surface area contributed by atoms with E-state index in [0.29, 0.717) is 6.54 Å². The Morgan fingerprint density at radius 1 is 1.45 bits per heavy atom. The lowest BCUT2D eigenvalue weighted by molar-refractivity contribution is -0.116. The van der Waals surface area contributed by atoms with Gasteiger partial charge in [-0.25, -0.2) is 4.98 Å². The molecule has 1 heterocycles. The number of hydrogen-bond acceptors (Lipinski definition) is 4. The van der Waals surface area contributed by atoms with Gasteiger partial charge in [-0.15, -0.1) is 0 Å². The summed E-state index contributed by atoms with van der Waals surface area (Å²) in [5.74, 6) is 0.520. The van der Waals surface area contributed by atoms with Gasteiger partial charge in [-0.05, 0) is 37.3 Å². The Bertz CT molecular complexity index is 487. The number of hydrogen-bond donors (Lipinski definition) is 2. The van der Waals surface area contributed by atoms with Crippen LogP contribution < -0.4 is 16.4 Å². The molecule has 0 saturated heterocycles. The van der Waals surface area contributed by atoms with Crippen LogP contribution in [-0.2, 0) is 24.2 Å². The third-order valence-electron chi connectivity index (χ3n) is 3.75. The van der Waals surface area contributed by atoms with Crippen LogP contribution in [0.5, 0.6) is 0 Å². The molecule has 20 heavy (non-hydrogen) atoms. The summed E-state index contributed by atoms with van der Waals surface area (Å²) in [6.45, 7) is 3.57. The molecule has 4 N–H and O–H groups in total. The zero-order chi connectivity index (χ0) is 14.5. The highest BCUT2D eigenvalue weighted by Gasteiger charge is 2.20. The number of anilines is 1. The summed E-state index contributed by atoms with van der Waals surface area (Å²) in [6, 6.07) is 2.16. The molecule has 1 aromatic rings. The Morgan fingerprint density at radius 3 is 2.90 bits per heavy atom. The topological polar surface area (TPSA) is 85.2 Å². The maximum atomic E-state index is 11.3. The van der Waals surface area contributed by atoms with E-state index in [2.05, 4.69) is 13.0 Å². The molecule has 1 aliphatic rings. The van der Waals surface area contributed by atoms with Gasteiger partial charge < -0.3 is 16.4 Å². The number of nitrogens with zero attached hydrogens (tertiary/aromatic N) is 2.